The molecule has 0 amide bonds. The molecule has 0 spiro atoms. The Morgan fingerprint density at radius 2 is 2.11 bits per heavy atom. The van der Waals surface area contributed by atoms with Crippen molar-refractivity contribution in [1.29, 1.82) is 0 Å². The van der Waals surface area contributed by atoms with E-state index in [2.05, 4.69) is 6.07 Å². The fourth-order valence-electron chi connectivity index (χ4n) is 1.75. The maximum atomic E-state index is 6.26. The van der Waals surface area contributed by atoms with Crippen LogP contribution in [0.15, 0.2) is 44.7 Å². The third kappa shape index (κ3) is 3.10. The summed E-state index contributed by atoms with van der Waals surface area (Å²) in [5.41, 5.74) is 6.99. The SMILES string of the molecule is Cc1occc1Sc1cccc(Cl)c1CC(C)N. The minimum Gasteiger partial charge on any atom is -0.468 e. The molecule has 18 heavy (non-hydrogen) atoms. The van der Waals surface area contributed by atoms with Crippen LogP contribution in [0.1, 0.15) is 18.2 Å². The van der Waals surface area contributed by atoms with Crippen molar-refractivity contribution < 1.29 is 4.42 Å². The Morgan fingerprint density at radius 3 is 2.72 bits per heavy atom. The molecule has 4 heteroatoms. The molecule has 1 unspecified atom stereocenters. The van der Waals surface area contributed by atoms with E-state index < -0.39 is 0 Å². The first-order chi connectivity index (χ1) is 8.58. The lowest BCUT2D eigenvalue weighted by molar-refractivity contribution is 0.527. The molecule has 0 fully saturated rings. The fourth-order valence-corrected chi connectivity index (χ4v) is 3.08. The Labute approximate surface area is 117 Å². The van der Waals surface area contributed by atoms with Gasteiger partial charge in [0.2, 0.25) is 0 Å². The number of furan rings is 1. The van der Waals surface area contributed by atoms with Gasteiger partial charge in [-0.15, -0.1) is 0 Å². The van der Waals surface area contributed by atoms with Gasteiger partial charge in [-0.25, -0.2) is 0 Å². The molecular formula is C14H16ClNOS. The first-order valence-corrected chi connectivity index (χ1v) is 7.02. The summed E-state index contributed by atoms with van der Waals surface area (Å²) in [6.45, 7) is 3.94. The second-order valence-corrected chi connectivity index (χ2v) is 5.83. The van der Waals surface area contributed by atoms with Crippen molar-refractivity contribution in [2.45, 2.75) is 36.1 Å². The lowest BCUT2D eigenvalue weighted by Crippen LogP contribution is -2.18. The van der Waals surface area contributed by atoms with Crippen LogP contribution in [0.3, 0.4) is 0 Å². The van der Waals surface area contributed by atoms with Crippen LogP contribution in [0.4, 0.5) is 0 Å². The predicted octanol–water partition coefficient (Wildman–Crippen LogP) is 4.28. The van der Waals surface area contributed by atoms with Crippen LogP contribution in [0.5, 0.6) is 0 Å². The molecule has 0 aliphatic carbocycles. The summed E-state index contributed by atoms with van der Waals surface area (Å²) in [5, 5.41) is 0.776. The molecule has 1 aromatic heterocycles. The molecule has 0 saturated heterocycles. The number of benzene rings is 1. The average molecular weight is 282 g/mol. The van der Waals surface area contributed by atoms with Crippen LogP contribution in [0.2, 0.25) is 5.02 Å². The minimum absolute atomic E-state index is 0.0923. The molecule has 0 bridgehead atoms. The van der Waals surface area contributed by atoms with Crippen molar-refractivity contribution >= 4 is 23.4 Å². The van der Waals surface area contributed by atoms with Gasteiger partial charge in [-0.05, 0) is 44.0 Å². The number of halogens is 1. The van der Waals surface area contributed by atoms with Crippen LogP contribution in [0.25, 0.3) is 0 Å². The minimum atomic E-state index is 0.0923. The molecule has 0 saturated carbocycles. The topological polar surface area (TPSA) is 39.2 Å². The standard InChI is InChI=1S/C14H16ClNOS/c1-9(16)8-11-12(15)4-3-5-14(11)18-13-6-7-17-10(13)2/h3-7,9H,8,16H2,1-2H3. The number of rotatable bonds is 4. The van der Waals surface area contributed by atoms with Crippen LogP contribution in [-0.2, 0) is 6.42 Å². The molecule has 0 radical (unpaired) electrons. The van der Waals surface area contributed by atoms with E-state index in [0.717, 1.165) is 32.6 Å². The first kappa shape index (κ1) is 13.5. The van der Waals surface area contributed by atoms with E-state index in [4.69, 9.17) is 21.8 Å². The number of hydrogen-bond acceptors (Lipinski definition) is 3. The molecular weight excluding hydrogens is 266 g/mol. The van der Waals surface area contributed by atoms with Crippen LogP contribution >= 0.6 is 23.4 Å². The molecule has 96 valence electrons. The van der Waals surface area contributed by atoms with Gasteiger partial charge in [0.25, 0.3) is 0 Å². The van der Waals surface area contributed by atoms with Crippen molar-refractivity contribution in [2.24, 2.45) is 5.73 Å². The van der Waals surface area contributed by atoms with E-state index >= 15 is 0 Å². The van der Waals surface area contributed by atoms with Crippen molar-refractivity contribution in [3.05, 3.63) is 46.9 Å². The second kappa shape index (κ2) is 5.83. The normalized spacial score (nSPS) is 12.7. The van der Waals surface area contributed by atoms with Gasteiger partial charge in [0.05, 0.1) is 11.2 Å². The maximum Gasteiger partial charge on any atom is 0.114 e. The molecule has 2 rings (SSSR count). The summed E-state index contributed by atoms with van der Waals surface area (Å²) in [6.07, 6.45) is 2.48. The number of nitrogens with two attached hydrogens (primary N) is 1. The highest BCUT2D eigenvalue weighted by Crippen LogP contribution is 2.36. The zero-order valence-corrected chi connectivity index (χ0v) is 12.0. The van der Waals surface area contributed by atoms with Gasteiger partial charge in [0.1, 0.15) is 5.76 Å². The van der Waals surface area contributed by atoms with E-state index in [1.807, 2.05) is 32.0 Å². The summed E-state index contributed by atoms with van der Waals surface area (Å²) < 4.78 is 5.31. The van der Waals surface area contributed by atoms with Gasteiger partial charge >= 0.3 is 0 Å². The summed E-state index contributed by atoms with van der Waals surface area (Å²) in [7, 11) is 0. The van der Waals surface area contributed by atoms with Crippen LogP contribution in [0, 0.1) is 6.92 Å². The lowest BCUT2D eigenvalue weighted by Gasteiger charge is -2.12. The highest BCUT2D eigenvalue weighted by Gasteiger charge is 2.12. The fraction of sp³-hybridized carbons (Fsp3) is 0.286. The molecule has 2 aromatic rings. The number of hydrogen-bond donors (Lipinski definition) is 1. The van der Waals surface area contributed by atoms with Gasteiger partial charge in [-0.1, -0.05) is 29.4 Å². The highest BCUT2D eigenvalue weighted by atomic mass is 35.5. The van der Waals surface area contributed by atoms with Gasteiger partial charge < -0.3 is 10.2 Å². The zero-order valence-electron chi connectivity index (χ0n) is 10.4. The molecule has 1 atom stereocenters. The van der Waals surface area contributed by atoms with Crippen molar-refractivity contribution in [3.63, 3.8) is 0 Å². The molecule has 1 aromatic carbocycles. The lowest BCUT2D eigenvalue weighted by atomic mass is 10.1. The van der Waals surface area contributed by atoms with Gasteiger partial charge in [0, 0.05) is 16.0 Å². The Hall–Kier alpha value is -0.900. The summed E-state index contributed by atoms with van der Waals surface area (Å²) in [5.74, 6) is 0.923. The molecule has 1 heterocycles. The van der Waals surface area contributed by atoms with Gasteiger partial charge in [0.15, 0.2) is 0 Å². The number of aryl methyl sites for hydroxylation is 1. The zero-order chi connectivity index (χ0) is 13.1. The van der Waals surface area contributed by atoms with Crippen LogP contribution in [-0.4, -0.2) is 6.04 Å². The highest BCUT2D eigenvalue weighted by molar-refractivity contribution is 7.99. The third-order valence-electron chi connectivity index (χ3n) is 2.63. The maximum absolute atomic E-state index is 6.26. The Morgan fingerprint density at radius 1 is 1.33 bits per heavy atom. The van der Waals surface area contributed by atoms with Crippen molar-refractivity contribution in [3.8, 4) is 0 Å². The van der Waals surface area contributed by atoms with E-state index in [1.165, 1.54) is 0 Å². The predicted molar refractivity (Wildman–Crippen MR) is 76.4 cm³/mol. The monoisotopic (exact) mass is 281 g/mol. The quantitative estimate of drug-likeness (QED) is 0.909. The van der Waals surface area contributed by atoms with E-state index in [-0.39, 0.29) is 6.04 Å². The Balaban J connectivity index is 2.32. The van der Waals surface area contributed by atoms with Crippen LogP contribution < -0.4 is 5.73 Å². The average Bonchev–Trinajstić information content (AvgIpc) is 2.69. The first-order valence-electron chi connectivity index (χ1n) is 5.83. The Bertz CT molecular complexity index is 536. The van der Waals surface area contributed by atoms with E-state index in [0.29, 0.717) is 0 Å². The molecule has 2 N–H and O–H groups in total. The largest absolute Gasteiger partial charge is 0.468 e. The second-order valence-electron chi connectivity index (χ2n) is 4.34. The van der Waals surface area contributed by atoms with Crippen molar-refractivity contribution in [2.75, 3.05) is 0 Å². The molecule has 0 aliphatic rings. The van der Waals surface area contributed by atoms with Crippen molar-refractivity contribution in [1.82, 2.24) is 0 Å². The smallest absolute Gasteiger partial charge is 0.114 e. The molecule has 2 nitrogen and oxygen atoms in total. The summed E-state index contributed by atoms with van der Waals surface area (Å²) in [6, 6.07) is 8.00. The third-order valence-corrected chi connectivity index (χ3v) is 4.23. The van der Waals surface area contributed by atoms with E-state index in [1.54, 1.807) is 18.0 Å². The summed E-state index contributed by atoms with van der Waals surface area (Å²) >= 11 is 7.93. The van der Waals surface area contributed by atoms with Gasteiger partial charge in [-0.2, -0.15) is 0 Å². The molecule has 0 aliphatic heterocycles. The van der Waals surface area contributed by atoms with E-state index in [9.17, 15) is 0 Å². The van der Waals surface area contributed by atoms with Gasteiger partial charge in [-0.3, -0.25) is 0 Å². The summed E-state index contributed by atoms with van der Waals surface area (Å²) in [4.78, 5) is 2.26. The Kier molecular flexibility index (Phi) is 4.38.